The first-order chi connectivity index (χ1) is 12.1. The molecule has 0 aromatic heterocycles. The first kappa shape index (κ1) is 15.6. The second-order valence-corrected chi connectivity index (χ2v) is 6.10. The van der Waals surface area contributed by atoms with Crippen molar-refractivity contribution >= 4 is 0 Å². The number of nitrogens with zero attached hydrogens (tertiary/aromatic N) is 1. The Hall–Kier alpha value is -2.95. The second kappa shape index (κ2) is 5.84. The number of rotatable bonds is 3. The van der Waals surface area contributed by atoms with Gasteiger partial charge in [0.2, 0.25) is 5.43 Å². The van der Waals surface area contributed by atoms with Crippen molar-refractivity contribution in [1.82, 2.24) is 4.57 Å². The van der Waals surface area contributed by atoms with Crippen LogP contribution in [-0.2, 0) is 13.0 Å². The van der Waals surface area contributed by atoms with Crippen LogP contribution in [0.3, 0.4) is 0 Å². The van der Waals surface area contributed by atoms with Crippen molar-refractivity contribution in [3.05, 3.63) is 52.3 Å². The van der Waals surface area contributed by atoms with Gasteiger partial charge in [-0.1, -0.05) is 0 Å². The SMILES string of the molecule is COc1cc2c(cc1OC)-c1cc3cc(=O)c(OC)cc-3cn1CC2. The molecule has 0 bridgehead atoms. The smallest absolute Gasteiger partial charge is 0.220 e. The molecule has 0 spiro atoms. The van der Waals surface area contributed by atoms with Crippen molar-refractivity contribution in [3.63, 3.8) is 0 Å². The average Bonchev–Trinajstić information content (AvgIpc) is 2.64. The minimum Gasteiger partial charge on any atom is -0.493 e. The van der Waals surface area contributed by atoms with Crippen LogP contribution in [0.1, 0.15) is 5.56 Å². The van der Waals surface area contributed by atoms with E-state index in [0.29, 0.717) is 11.5 Å². The molecule has 2 heterocycles. The van der Waals surface area contributed by atoms with E-state index in [2.05, 4.69) is 16.8 Å². The van der Waals surface area contributed by atoms with Crippen LogP contribution in [-0.4, -0.2) is 25.9 Å². The quantitative estimate of drug-likeness (QED) is 0.736. The molecule has 0 fully saturated rings. The first-order valence-corrected chi connectivity index (χ1v) is 8.12. The fourth-order valence-electron chi connectivity index (χ4n) is 3.48. The number of hydrogen-bond donors (Lipinski definition) is 0. The van der Waals surface area contributed by atoms with E-state index in [4.69, 9.17) is 14.2 Å². The minimum atomic E-state index is -0.108. The molecule has 0 amide bonds. The number of aromatic nitrogens is 1. The van der Waals surface area contributed by atoms with Gasteiger partial charge in [-0.25, -0.2) is 0 Å². The topological polar surface area (TPSA) is 49.7 Å². The molecule has 25 heavy (non-hydrogen) atoms. The summed E-state index contributed by atoms with van der Waals surface area (Å²) < 4.78 is 18.2. The summed E-state index contributed by atoms with van der Waals surface area (Å²) in [5.41, 5.74) is 5.17. The Kier molecular flexibility index (Phi) is 3.64. The lowest BCUT2D eigenvalue weighted by atomic mass is 9.93. The van der Waals surface area contributed by atoms with Gasteiger partial charge in [0.15, 0.2) is 17.2 Å². The van der Waals surface area contributed by atoms with Gasteiger partial charge in [-0.15, -0.1) is 0 Å². The number of ether oxygens (including phenoxy) is 3. The Morgan fingerprint density at radius 1 is 0.840 bits per heavy atom. The Labute approximate surface area is 145 Å². The van der Waals surface area contributed by atoms with Crippen LogP contribution in [0.25, 0.3) is 22.4 Å². The summed E-state index contributed by atoms with van der Waals surface area (Å²) in [6.45, 7) is 0.870. The molecule has 3 aliphatic rings. The number of hydrogen-bond acceptors (Lipinski definition) is 4. The van der Waals surface area contributed by atoms with E-state index >= 15 is 0 Å². The van der Waals surface area contributed by atoms with E-state index in [1.165, 1.54) is 12.7 Å². The molecule has 128 valence electrons. The zero-order chi connectivity index (χ0) is 17.6. The van der Waals surface area contributed by atoms with Crippen molar-refractivity contribution in [1.29, 1.82) is 0 Å². The van der Waals surface area contributed by atoms with Crippen molar-refractivity contribution in [2.45, 2.75) is 13.0 Å². The highest BCUT2D eigenvalue weighted by atomic mass is 16.5. The molecule has 0 radical (unpaired) electrons. The molecule has 1 aromatic carbocycles. The predicted molar refractivity (Wildman–Crippen MR) is 96.1 cm³/mol. The third-order valence-electron chi connectivity index (χ3n) is 4.77. The molecule has 1 aromatic rings. The average molecular weight is 337 g/mol. The molecule has 0 N–H and O–H groups in total. The van der Waals surface area contributed by atoms with E-state index in [0.717, 1.165) is 41.1 Å². The monoisotopic (exact) mass is 337 g/mol. The van der Waals surface area contributed by atoms with Gasteiger partial charge in [0.25, 0.3) is 0 Å². The number of methoxy groups -OCH3 is 3. The van der Waals surface area contributed by atoms with Crippen molar-refractivity contribution < 1.29 is 14.2 Å². The van der Waals surface area contributed by atoms with Crippen LogP contribution < -0.4 is 19.6 Å². The van der Waals surface area contributed by atoms with E-state index < -0.39 is 0 Å². The Morgan fingerprint density at radius 3 is 2.28 bits per heavy atom. The van der Waals surface area contributed by atoms with E-state index in [1.807, 2.05) is 12.1 Å². The predicted octanol–water partition coefficient (Wildman–Crippen LogP) is 3.20. The Balaban J connectivity index is 1.95. The lowest BCUT2D eigenvalue weighted by Crippen LogP contribution is -2.14. The maximum atomic E-state index is 12.1. The van der Waals surface area contributed by atoms with Crippen LogP contribution in [0.15, 0.2) is 41.3 Å². The lowest BCUT2D eigenvalue weighted by molar-refractivity contribution is 0.354. The van der Waals surface area contributed by atoms with Gasteiger partial charge < -0.3 is 18.8 Å². The minimum absolute atomic E-state index is 0.108. The van der Waals surface area contributed by atoms with Crippen LogP contribution in [0, 0.1) is 0 Å². The van der Waals surface area contributed by atoms with Crippen molar-refractivity contribution in [2.24, 2.45) is 0 Å². The largest absolute Gasteiger partial charge is 0.493 e. The fraction of sp³-hybridized carbons (Fsp3) is 0.250. The summed E-state index contributed by atoms with van der Waals surface area (Å²) in [5.74, 6) is 1.81. The standard InChI is InChI=1S/C20H19NO4/c1-23-18-9-14-11-21-5-4-12-8-19(24-2)20(25-3)10-15(12)16(21)6-13(14)7-17(18)22/h6-11H,4-5H2,1-3H3. The number of aryl methyl sites for hydroxylation is 2. The molecule has 2 aliphatic heterocycles. The molecule has 0 saturated carbocycles. The summed E-state index contributed by atoms with van der Waals surface area (Å²) in [6, 6.07) is 9.53. The highest BCUT2D eigenvalue weighted by Crippen LogP contribution is 2.40. The summed E-state index contributed by atoms with van der Waals surface area (Å²) in [4.78, 5) is 12.1. The number of benzene rings is 2. The molecule has 5 nitrogen and oxygen atoms in total. The highest BCUT2D eigenvalue weighted by Gasteiger charge is 2.21. The van der Waals surface area contributed by atoms with Crippen LogP contribution in [0.5, 0.6) is 17.2 Å². The molecular formula is C20H19NO4. The van der Waals surface area contributed by atoms with Crippen LogP contribution in [0.4, 0.5) is 0 Å². The van der Waals surface area contributed by atoms with Gasteiger partial charge in [-0.2, -0.15) is 0 Å². The second-order valence-electron chi connectivity index (χ2n) is 6.10. The normalized spacial score (nSPS) is 12.4. The molecule has 0 atom stereocenters. The van der Waals surface area contributed by atoms with Gasteiger partial charge in [-0.3, -0.25) is 4.79 Å². The van der Waals surface area contributed by atoms with Gasteiger partial charge in [0.1, 0.15) is 0 Å². The molecule has 5 heteroatoms. The zero-order valence-electron chi connectivity index (χ0n) is 14.5. The third kappa shape index (κ3) is 2.43. The molecule has 0 unspecified atom stereocenters. The van der Waals surface area contributed by atoms with Gasteiger partial charge in [-0.05, 0) is 47.9 Å². The maximum Gasteiger partial charge on any atom is 0.220 e. The zero-order valence-corrected chi connectivity index (χ0v) is 14.5. The van der Waals surface area contributed by atoms with Gasteiger partial charge >= 0.3 is 0 Å². The highest BCUT2D eigenvalue weighted by molar-refractivity contribution is 5.77. The maximum absolute atomic E-state index is 12.1. The Morgan fingerprint density at radius 2 is 1.56 bits per heavy atom. The summed E-state index contributed by atoms with van der Waals surface area (Å²) in [5, 5.41) is 0. The summed E-state index contributed by atoms with van der Waals surface area (Å²) in [6.07, 6.45) is 2.99. The first-order valence-electron chi connectivity index (χ1n) is 8.12. The van der Waals surface area contributed by atoms with Crippen LogP contribution in [0.2, 0.25) is 0 Å². The molecule has 4 rings (SSSR count). The summed E-state index contributed by atoms with van der Waals surface area (Å²) >= 11 is 0. The van der Waals surface area contributed by atoms with E-state index in [-0.39, 0.29) is 5.43 Å². The molecule has 1 aliphatic carbocycles. The van der Waals surface area contributed by atoms with Crippen LogP contribution >= 0.6 is 0 Å². The number of fused-ring (bicyclic) bond motifs is 4. The lowest BCUT2D eigenvalue weighted by Gasteiger charge is -2.26. The van der Waals surface area contributed by atoms with Gasteiger partial charge in [0.05, 0.1) is 21.3 Å². The van der Waals surface area contributed by atoms with Crippen molar-refractivity contribution in [3.8, 4) is 39.6 Å². The van der Waals surface area contributed by atoms with Crippen molar-refractivity contribution in [2.75, 3.05) is 21.3 Å². The molecule has 0 saturated heterocycles. The molecular weight excluding hydrogens is 318 g/mol. The third-order valence-corrected chi connectivity index (χ3v) is 4.77. The van der Waals surface area contributed by atoms with E-state index in [9.17, 15) is 4.79 Å². The van der Waals surface area contributed by atoms with E-state index in [1.54, 1.807) is 26.4 Å². The summed E-state index contributed by atoms with van der Waals surface area (Å²) in [7, 11) is 4.80. The van der Waals surface area contributed by atoms with Gasteiger partial charge in [0, 0.05) is 29.6 Å². The Bertz CT molecular complexity index is 990. The number of pyridine rings is 1. The fourth-order valence-corrected chi connectivity index (χ4v) is 3.48.